The Balaban J connectivity index is 1.97. The van der Waals surface area contributed by atoms with E-state index in [0.29, 0.717) is 31.5 Å². The molecule has 20 heavy (non-hydrogen) atoms. The van der Waals surface area contributed by atoms with Crippen molar-refractivity contribution < 1.29 is 8.42 Å². The largest absolute Gasteiger partial charge is 0.319 e. The van der Waals surface area contributed by atoms with Gasteiger partial charge in [0.1, 0.15) is 0 Å². The molecule has 0 bridgehead atoms. The minimum Gasteiger partial charge on any atom is -0.319 e. The van der Waals surface area contributed by atoms with E-state index >= 15 is 0 Å². The summed E-state index contributed by atoms with van der Waals surface area (Å²) in [6.07, 6.45) is 3.91. The average molecular weight is 303 g/mol. The molecule has 0 aromatic rings. The van der Waals surface area contributed by atoms with Crippen molar-refractivity contribution in [3.8, 4) is 0 Å². The molecule has 2 atom stereocenters. The van der Waals surface area contributed by atoms with Gasteiger partial charge in [0.25, 0.3) is 10.2 Å². The average Bonchev–Trinajstić information content (AvgIpc) is 2.39. The Bertz CT molecular complexity index is 405. The van der Waals surface area contributed by atoms with Crippen LogP contribution >= 0.6 is 0 Å². The molecule has 2 saturated heterocycles. The van der Waals surface area contributed by atoms with E-state index in [0.717, 1.165) is 32.2 Å². The quantitative estimate of drug-likeness (QED) is 0.851. The number of piperidine rings is 2. The Morgan fingerprint density at radius 1 is 1.10 bits per heavy atom. The molecule has 0 aromatic carbocycles. The number of hydrogen-bond acceptors (Lipinski definition) is 3. The molecule has 0 radical (unpaired) electrons. The molecular formula is C14H29N3O2S. The Hall–Kier alpha value is -0.170. The van der Waals surface area contributed by atoms with E-state index in [2.05, 4.69) is 12.2 Å². The highest BCUT2D eigenvalue weighted by Gasteiger charge is 2.37. The van der Waals surface area contributed by atoms with Crippen molar-refractivity contribution in [2.45, 2.75) is 45.6 Å². The maximum Gasteiger partial charge on any atom is 0.282 e. The summed E-state index contributed by atoms with van der Waals surface area (Å²) in [6, 6.07) is 0.138. The molecule has 0 aromatic heterocycles. The second kappa shape index (κ2) is 6.73. The number of rotatable bonds is 4. The third-order valence-electron chi connectivity index (χ3n) is 4.77. The van der Waals surface area contributed by atoms with E-state index in [-0.39, 0.29) is 6.04 Å². The van der Waals surface area contributed by atoms with Gasteiger partial charge in [-0.25, -0.2) is 0 Å². The van der Waals surface area contributed by atoms with Gasteiger partial charge in [-0.05, 0) is 58.0 Å². The SMILES string of the molecule is CNCC1CCN(S(=O)(=O)N2CCC(C)CC2C)CC1. The van der Waals surface area contributed by atoms with Crippen LogP contribution in [0.2, 0.25) is 0 Å². The van der Waals surface area contributed by atoms with Gasteiger partial charge in [0, 0.05) is 25.7 Å². The van der Waals surface area contributed by atoms with Crippen molar-refractivity contribution in [1.82, 2.24) is 13.9 Å². The lowest BCUT2D eigenvalue weighted by molar-refractivity contribution is 0.192. The van der Waals surface area contributed by atoms with Crippen molar-refractivity contribution in [1.29, 1.82) is 0 Å². The second-order valence-corrected chi connectivity index (χ2v) is 8.38. The number of hydrogen-bond donors (Lipinski definition) is 1. The molecule has 2 unspecified atom stereocenters. The van der Waals surface area contributed by atoms with Crippen LogP contribution in [0.3, 0.4) is 0 Å². The first kappa shape index (κ1) is 16.2. The molecule has 2 aliphatic heterocycles. The summed E-state index contributed by atoms with van der Waals surface area (Å²) in [6.45, 7) is 7.28. The van der Waals surface area contributed by atoms with Crippen LogP contribution in [0.4, 0.5) is 0 Å². The highest BCUT2D eigenvalue weighted by Crippen LogP contribution is 2.28. The van der Waals surface area contributed by atoms with E-state index in [1.807, 2.05) is 14.0 Å². The first-order valence-corrected chi connectivity index (χ1v) is 9.26. The van der Waals surface area contributed by atoms with Crippen LogP contribution in [0.25, 0.3) is 0 Å². The minimum atomic E-state index is -3.25. The third-order valence-corrected chi connectivity index (χ3v) is 6.92. The molecule has 5 nitrogen and oxygen atoms in total. The van der Waals surface area contributed by atoms with E-state index < -0.39 is 10.2 Å². The number of nitrogens with zero attached hydrogens (tertiary/aromatic N) is 2. The van der Waals surface area contributed by atoms with Crippen LogP contribution < -0.4 is 5.32 Å². The second-order valence-electron chi connectivity index (χ2n) is 6.50. The molecule has 0 aliphatic carbocycles. The third kappa shape index (κ3) is 3.53. The Morgan fingerprint density at radius 2 is 1.75 bits per heavy atom. The van der Waals surface area contributed by atoms with Crippen molar-refractivity contribution in [2.24, 2.45) is 11.8 Å². The summed E-state index contributed by atoms with van der Waals surface area (Å²) in [4.78, 5) is 0. The predicted octanol–water partition coefficient (Wildman–Crippen LogP) is 1.28. The van der Waals surface area contributed by atoms with Crippen LogP contribution in [0.15, 0.2) is 0 Å². The molecule has 0 amide bonds. The fraction of sp³-hybridized carbons (Fsp3) is 1.00. The fourth-order valence-electron chi connectivity index (χ4n) is 3.51. The molecule has 2 aliphatic rings. The summed E-state index contributed by atoms with van der Waals surface area (Å²) >= 11 is 0. The normalized spacial score (nSPS) is 31.6. The molecule has 0 saturated carbocycles. The Kier molecular flexibility index (Phi) is 5.45. The zero-order valence-electron chi connectivity index (χ0n) is 13.0. The summed E-state index contributed by atoms with van der Waals surface area (Å²) in [5.41, 5.74) is 0. The van der Waals surface area contributed by atoms with Crippen LogP contribution in [0.5, 0.6) is 0 Å². The van der Waals surface area contributed by atoms with Crippen molar-refractivity contribution in [3.63, 3.8) is 0 Å². The summed E-state index contributed by atoms with van der Waals surface area (Å²) in [7, 11) is -1.29. The molecule has 2 heterocycles. The smallest absolute Gasteiger partial charge is 0.282 e. The monoisotopic (exact) mass is 303 g/mol. The summed E-state index contributed by atoms with van der Waals surface area (Å²) in [5.74, 6) is 1.25. The maximum absolute atomic E-state index is 12.8. The first-order valence-electron chi connectivity index (χ1n) is 7.86. The molecule has 1 N–H and O–H groups in total. The van der Waals surface area contributed by atoms with Crippen molar-refractivity contribution in [3.05, 3.63) is 0 Å². The molecule has 0 spiro atoms. The molecule has 6 heteroatoms. The van der Waals surface area contributed by atoms with Crippen LogP contribution in [-0.2, 0) is 10.2 Å². The van der Waals surface area contributed by atoms with E-state index in [1.165, 1.54) is 0 Å². The minimum absolute atomic E-state index is 0.138. The van der Waals surface area contributed by atoms with Crippen molar-refractivity contribution in [2.75, 3.05) is 33.2 Å². The lowest BCUT2D eigenvalue weighted by atomic mass is 9.95. The lowest BCUT2D eigenvalue weighted by Crippen LogP contribution is -2.52. The van der Waals surface area contributed by atoms with Gasteiger partial charge in [-0.2, -0.15) is 17.0 Å². The highest BCUT2D eigenvalue weighted by molar-refractivity contribution is 7.86. The zero-order chi connectivity index (χ0) is 14.8. The van der Waals surface area contributed by atoms with Gasteiger partial charge >= 0.3 is 0 Å². The molecular weight excluding hydrogens is 274 g/mol. The summed E-state index contributed by atoms with van der Waals surface area (Å²) < 4.78 is 28.9. The van der Waals surface area contributed by atoms with Gasteiger partial charge in [0.15, 0.2) is 0 Å². The summed E-state index contributed by atoms with van der Waals surface area (Å²) in [5, 5.41) is 3.19. The topological polar surface area (TPSA) is 52.7 Å². The standard InChI is InChI=1S/C14H29N3O2S/c1-12-4-9-17(13(2)10-12)20(18,19)16-7-5-14(6-8-16)11-15-3/h12-15H,4-11H2,1-3H3. The predicted molar refractivity (Wildman–Crippen MR) is 81.7 cm³/mol. The van der Waals surface area contributed by atoms with Crippen LogP contribution in [0.1, 0.15) is 39.5 Å². The van der Waals surface area contributed by atoms with Crippen molar-refractivity contribution >= 4 is 10.2 Å². The van der Waals surface area contributed by atoms with Gasteiger partial charge in [-0.1, -0.05) is 6.92 Å². The molecule has 118 valence electrons. The van der Waals surface area contributed by atoms with Crippen LogP contribution in [0, 0.1) is 11.8 Å². The zero-order valence-corrected chi connectivity index (χ0v) is 13.8. The van der Waals surface area contributed by atoms with Gasteiger partial charge in [-0.15, -0.1) is 0 Å². The van der Waals surface area contributed by atoms with Gasteiger partial charge in [0.2, 0.25) is 0 Å². The van der Waals surface area contributed by atoms with Gasteiger partial charge in [0.05, 0.1) is 0 Å². The van der Waals surface area contributed by atoms with Gasteiger partial charge in [-0.3, -0.25) is 0 Å². The Labute approximate surface area is 123 Å². The van der Waals surface area contributed by atoms with Crippen LogP contribution in [-0.4, -0.2) is 56.3 Å². The fourth-order valence-corrected chi connectivity index (χ4v) is 5.36. The number of nitrogens with one attached hydrogen (secondary N) is 1. The van der Waals surface area contributed by atoms with E-state index in [1.54, 1.807) is 8.61 Å². The lowest BCUT2D eigenvalue weighted by Gasteiger charge is -2.40. The van der Waals surface area contributed by atoms with Gasteiger partial charge < -0.3 is 5.32 Å². The molecule has 2 rings (SSSR count). The van der Waals surface area contributed by atoms with E-state index in [9.17, 15) is 8.42 Å². The first-order chi connectivity index (χ1) is 9.45. The molecule has 2 fully saturated rings. The maximum atomic E-state index is 12.8. The highest BCUT2D eigenvalue weighted by atomic mass is 32.2. The Morgan fingerprint density at radius 3 is 2.30 bits per heavy atom. The van der Waals surface area contributed by atoms with E-state index in [4.69, 9.17) is 0 Å².